The van der Waals surface area contributed by atoms with Crippen molar-refractivity contribution in [2.24, 2.45) is 4.99 Å². The number of amides is 1. The smallest absolute Gasteiger partial charge is 0.244 e. The molecule has 1 unspecified atom stereocenters. The second-order valence-corrected chi connectivity index (χ2v) is 6.42. The van der Waals surface area contributed by atoms with E-state index in [1.54, 1.807) is 6.26 Å². The number of carbonyl (C=O) groups excluding carboxylic acids is 1. The van der Waals surface area contributed by atoms with Gasteiger partial charge in [-0.05, 0) is 45.0 Å². The topological polar surface area (TPSA) is 73.1 Å². The fourth-order valence-corrected chi connectivity index (χ4v) is 3.30. The highest BCUT2D eigenvalue weighted by atomic mass is 16.3. The van der Waals surface area contributed by atoms with E-state index in [-0.39, 0.29) is 18.5 Å². The molecule has 26 heavy (non-hydrogen) atoms. The molecule has 1 fully saturated rings. The molecule has 1 aromatic rings. The van der Waals surface area contributed by atoms with Crippen LogP contribution in [0.25, 0.3) is 0 Å². The van der Waals surface area contributed by atoms with E-state index < -0.39 is 0 Å². The Morgan fingerprint density at radius 1 is 1.27 bits per heavy atom. The molecular weight excluding hydrogens is 330 g/mol. The van der Waals surface area contributed by atoms with Crippen LogP contribution in [0.15, 0.2) is 27.8 Å². The van der Waals surface area contributed by atoms with Crippen LogP contribution in [0, 0.1) is 0 Å². The number of hydrogen-bond acceptors (Lipinski definition) is 4. The summed E-state index contributed by atoms with van der Waals surface area (Å²) in [6.07, 6.45) is 3.91. The van der Waals surface area contributed by atoms with Gasteiger partial charge in [-0.15, -0.1) is 0 Å². The maximum Gasteiger partial charge on any atom is 0.244 e. The summed E-state index contributed by atoms with van der Waals surface area (Å²) in [6, 6.07) is 4.05. The second-order valence-electron chi connectivity index (χ2n) is 6.42. The molecule has 2 heterocycles. The summed E-state index contributed by atoms with van der Waals surface area (Å²) < 4.78 is 5.64. The molecule has 2 N–H and O–H groups in total. The number of nitrogens with one attached hydrogen (secondary N) is 2. The third-order valence-corrected chi connectivity index (χ3v) is 4.76. The maximum absolute atomic E-state index is 12.2. The molecule has 7 nitrogen and oxygen atoms in total. The first kappa shape index (κ1) is 20.3. The number of hydrogen-bond donors (Lipinski definition) is 2. The minimum Gasteiger partial charge on any atom is -0.468 e. The van der Waals surface area contributed by atoms with Crippen molar-refractivity contribution >= 4 is 11.9 Å². The minimum atomic E-state index is 0.103. The molecule has 1 aliphatic heterocycles. The Kier molecular flexibility index (Phi) is 8.47. The summed E-state index contributed by atoms with van der Waals surface area (Å²) in [6.45, 7) is 11.5. The number of nitrogens with zero attached hydrogens (tertiary/aromatic N) is 3. The van der Waals surface area contributed by atoms with Crippen molar-refractivity contribution in [3.63, 3.8) is 0 Å². The van der Waals surface area contributed by atoms with Crippen LogP contribution in [0.1, 0.15) is 45.4 Å². The lowest BCUT2D eigenvalue weighted by Crippen LogP contribution is -2.43. The third kappa shape index (κ3) is 5.76. The standard InChI is InChI=1S/C19H33N5O2/c1-4-20-19(22-15-18(25)24-11-7-8-12-24)21-14-16(23(5-2)6-3)17-10-9-13-26-17/h9-10,13,16H,4-8,11-12,14-15H2,1-3H3,(H2,20,21,22). The Hall–Kier alpha value is -2.02. The van der Waals surface area contributed by atoms with Crippen molar-refractivity contribution in [1.82, 2.24) is 20.4 Å². The second kappa shape index (κ2) is 10.9. The summed E-state index contributed by atoms with van der Waals surface area (Å²) in [7, 11) is 0. The van der Waals surface area contributed by atoms with Gasteiger partial charge in [-0.1, -0.05) is 13.8 Å². The van der Waals surface area contributed by atoms with E-state index in [0.717, 1.165) is 51.3 Å². The minimum absolute atomic E-state index is 0.103. The first-order valence-corrected chi connectivity index (χ1v) is 9.76. The number of carbonyl (C=O) groups is 1. The summed E-state index contributed by atoms with van der Waals surface area (Å²) in [5, 5.41) is 6.59. The Balaban J connectivity index is 1.97. The lowest BCUT2D eigenvalue weighted by Gasteiger charge is -2.28. The Bertz CT molecular complexity index is 548. The largest absolute Gasteiger partial charge is 0.468 e. The van der Waals surface area contributed by atoms with E-state index in [1.165, 1.54) is 0 Å². The molecule has 2 rings (SSSR count). The Morgan fingerprint density at radius 2 is 2.00 bits per heavy atom. The monoisotopic (exact) mass is 363 g/mol. The summed E-state index contributed by atoms with van der Waals surface area (Å²) >= 11 is 0. The van der Waals surface area contributed by atoms with Gasteiger partial charge in [0.05, 0.1) is 12.3 Å². The molecule has 1 aromatic heterocycles. The van der Waals surface area contributed by atoms with Gasteiger partial charge in [-0.2, -0.15) is 0 Å². The predicted octanol–water partition coefficient (Wildman–Crippen LogP) is 1.84. The van der Waals surface area contributed by atoms with Crippen LogP contribution in [0.2, 0.25) is 0 Å². The van der Waals surface area contributed by atoms with Crippen LogP contribution >= 0.6 is 0 Å². The zero-order chi connectivity index (χ0) is 18.8. The molecular formula is C19H33N5O2. The van der Waals surface area contributed by atoms with Gasteiger partial charge in [-0.25, -0.2) is 4.99 Å². The Morgan fingerprint density at radius 3 is 2.58 bits per heavy atom. The molecule has 0 aromatic carbocycles. The molecule has 146 valence electrons. The lowest BCUT2D eigenvalue weighted by atomic mass is 10.2. The number of furan rings is 1. The average Bonchev–Trinajstić information content (AvgIpc) is 3.36. The van der Waals surface area contributed by atoms with Crippen LogP contribution in [-0.4, -0.2) is 67.5 Å². The average molecular weight is 364 g/mol. The highest BCUT2D eigenvalue weighted by Crippen LogP contribution is 2.20. The van der Waals surface area contributed by atoms with Gasteiger partial charge in [0.2, 0.25) is 5.91 Å². The van der Waals surface area contributed by atoms with Crippen LogP contribution in [-0.2, 0) is 4.79 Å². The quantitative estimate of drug-likeness (QED) is 0.517. The maximum atomic E-state index is 12.2. The first-order valence-electron chi connectivity index (χ1n) is 9.76. The van der Waals surface area contributed by atoms with E-state index in [1.807, 2.05) is 24.0 Å². The van der Waals surface area contributed by atoms with E-state index >= 15 is 0 Å². The van der Waals surface area contributed by atoms with Crippen molar-refractivity contribution < 1.29 is 9.21 Å². The Labute approximate surface area is 156 Å². The molecule has 7 heteroatoms. The van der Waals surface area contributed by atoms with Crippen molar-refractivity contribution in [3.8, 4) is 0 Å². The normalized spacial score (nSPS) is 16.2. The number of guanidine groups is 1. The molecule has 0 aliphatic carbocycles. The fraction of sp³-hybridized carbons (Fsp3) is 0.684. The van der Waals surface area contributed by atoms with Gasteiger partial charge in [0.25, 0.3) is 0 Å². The van der Waals surface area contributed by atoms with Gasteiger partial charge in [0, 0.05) is 26.2 Å². The number of aliphatic imine (C=N–C) groups is 1. The van der Waals surface area contributed by atoms with Gasteiger partial charge in [0.15, 0.2) is 5.96 Å². The predicted molar refractivity (Wildman–Crippen MR) is 104 cm³/mol. The highest BCUT2D eigenvalue weighted by Gasteiger charge is 2.21. The third-order valence-electron chi connectivity index (χ3n) is 4.76. The van der Waals surface area contributed by atoms with Crippen molar-refractivity contribution in [2.45, 2.75) is 39.7 Å². The molecule has 0 saturated carbocycles. The number of likely N-dealkylation sites (N-methyl/N-ethyl adjacent to an activating group) is 1. The van der Waals surface area contributed by atoms with Crippen LogP contribution < -0.4 is 10.6 Å². The van der Waals surface area contributed by atoms with Crippen LogP contribution in [0.4, 0.5) is 0 Å². The first-order chi connectivity index (χ1) is 12.7. The van der Waals surface area contributed by atoms with Crippen LogP contribution in [0.3, 0.4) is 0 Å². The molecule has 0 bridgehead atoms. The van der Waals surface area contributed by atoms with Crippen molar-refractivity contribution in [1.29, 1.82) is 0 Å². The fourth-order valence-electron chi connectivity index (χ4n) is 3.30. The van der Waals surface area contributed by atoms with Gasteiger partial charge in [0.1, 0.15) is 12.3 Å². The molecule has 1 amide bonds. The highest BCUT2D eigenvalue weighted by molar-refractivity contribution is 5.85. The van der Waals surface area contributed by atoms with Gasteiger partial charge in [-0.3, -0.25) is 9.69 Å². The molecule has 0 radical (unpaired) electrons. The number of likely N-dealkylation sites (tertiary alicyclic amines) is 1. The van der Waals surface area contributed by atoms with Gasteiger partial charge >= 0.3 is 0 Å². The van der Waals surface area contributed by atoms with Gasteiger partial charge < -0.3 is 20.0 Å². The summed E-state index contributed by atoms with van der Waals surface area (Å²) in [5.74, 6) is 1.71. The van der Waals surface area contributed by atoms with E-state index in [0.29, 0.717) is 12.5 Å². The lowest BCUT2D eigenvalue weighted by molar-refractivity contribution is -0.128. The molecule has 1 atom stereocenters. The van der Waals surface area contributed by atoms with E-state index in [2.05, 4.69) is 34.4 Å². The summed E-state index contributed by atoms with van der Waals surface area (Å²) in [5.41, 5.74) is 0. The van der Waals surface area contributed by atoms with E-state index in [4.69, 9.17) is 4.42 Å². The van der Waals surface area contributed by atoms with Crippen molar-refractivity contribution in [3.05, 3.63) is 24.2 Å². The SMILES string of the molecule is CCNC(=NCC(=O)N1CCCC1)NCC(c1ccco1)N(CC)CC. The summed E-state index contributed by atoms with van der Waals surface area (Å²) in [4.78, 5) is 20.9. The van der Waals surface area contributed by atoms with Crippen LogP contribution in [0.5, 0.6) is 0 Å². The zero-order valence-corrected chi connectivity index (χ0v) is 16.3. The van der Waals surface area contributed by atoms with Crippen molar-refractivity contribution in [2.75, 3.05) is 45.8 Å². The van der Waals surface area contributed by atoms with E-state index in [9.17, 15) is 4.79 Å². The molecule has 0 spiro atoms. The number of rotatable bonds is 9. The molecule has 1 saturated heterocycles. The zero-order valence-electron chi connectivity index (χ0n) is 16.3. The molecule has 1 aliphatic rings.